The molecule has 0 heterocycles. The average molecular weight is 248 g/mol. The normalized spacial score (nSPS) is 14.1. The van der Waals surface area contributed by atoms with Crippen LogP contribution in [-0.4, -0.2) is 23.7 Å². The van der Waals surface area contributed by atoms with E-state index in [4.69, 9.17) is 5.11 Å². The van der Waals surface area contributed by atoms with Crippen molar-refractivity contribution < 1.29 is 14.7 Å². The van der Waals surface area contributed by atoms with Gasteiger partial charge in [0.25, 0.3) is 0 Å². The molecular formula is C13H16N2O3. The molecule has 0 bridgehead atoms. The summed E-state index contributed by atoms with van der Waals surface area (Å²) in [6, 6.07) is 4.55. The highest BCUT2D eigenvalue weighted by Gasteiger charge is 2.21. The lowest BCUT2D eigenvalue weighted by Gasteiger charge is -2.11. The fourth-order valence-electron chi connectivity index (χ4n) is 1.73. The van der Waals surface area contributed by atoms with Gasteiger partial charge in [-0.25, -0.2) is 9.59 Å². The van der Waals surface area contributed by atoms with E-state index >= 15 is 0 Å². The molecule has 0 atom stereocenters. The Bertz CT molecular complexity index is 481. The molecule has 1 aromatic rings. The minimum atomic E-state index is -0.991. The number of amides is 2. The number of hydrogen-bond donors (Lipinski definition) is 3. The second-order valence-electron chi connectivity index (χ2n) is 4.56. The van der Waals surface area contributed by atoms with E-state index in [9.17, 15) is 9.59 Å². The van der Waals surface area contributed by atoms with Gasteiger partial charge in [0.05, 0.1) is 5.56 Å². The molecule has 1 aliphatic carbocycles. The summed E-state index contributed by atoms with van der Waals surface area (Å²) < 4.78 is 0. The number of hydrogen-bond acceptors (Lipinski definition) is 2. The SMILES string of the molecule is Cc1c(NC(=O)NCC2CC2)cccc1C(=O)O. The molecule has 2 rings (SSSR count). The van der Waals surface area contributed by atoms with Crippen molar-refractivity contribution in [2.75, 3.05) is 11.9 Å². The third-order valence-corrected chi connectivity index (χ3v) is 3.06. The number of aromatic carboxylic acids is 1. The first kappa shape index (κ1) is 12.4. The van der Waals surface area contributed by atoms with Gasteiger partial charge in [0.15, 0.2) is 0 Å². The molecule has 3 N–H and O–H groups in total. The van der Waals surface area contributed by atoms with Crippen LogP contribution in [0.1, 0.15) is 28.8 Å². The van der Waals surface area contributed by atoms with Crippen molar-refractivity contribution in [2.45, 2.75) is 19.8 Å². The van der Waals surface area contributed by atoms with Crippen molar-refractivity contribution >= 4 is 17.7 Å². The standard InChI is InChI=1S/C13H16N2O3/c1-8-10(12(16)17)3-2-4-11(8)15-13(18)14-7-9-5-6-9/h2-4,9H,5-7H2,1H3,(H,16,17)(H2,14,15,18). The van der Waals surface area contributed by atoms with E-state index in [1.165, 1.54) is 18.9 Å². The summed E-state index contributed by atoms with van der Waals surface area (Å²) in [4.78, 5) is 22.6. The van der Waals surface area contributed by atoms with Gasteiger partial charge < -0.3 is 15.7 Å². The van der Waals surface area contributed by atoms with Crippen molar-refractivity contribution in [3.63, 3.8) is 0 Å². The average Bonchev–Trinajstić information content (AvgIpc) is 3.13. The van der Waals surface area contributed by atoms with Crippen LogP contribution < -0.4 is 10.6 Å². The number of benzene rings is 1. The van der Waals surface area contributed by atoms with Crippen molar-refractivity contribution in [1.29, 1.82) is 0 Å². The second-order valence-corrected chi connectivity index (χ2v) is 4.56. The lowest BCUT2D eigenvalue weighted by Crippen LogP contribution is -2.30. The maximum Gasteiger partial charge on any atom is 0.336 e. The minimum Gasteiger partial charge on any atom is -0.478 e. The predicted molar refractivity (Wildman–Crippen MR) is 67.9 cm³/mol. The van der Waals surface area contributed by atoms with Gasteiger partial charge in [-0.2, -0.15) is 0 Å². The number of nitrogens with one attached hydrogen (secondary N) is 2. The van der Waals surface area contributed by atoms with E-state index in [1.54, 1.807) is 19.1 Å². The summed E-state index contributed by atoms with van der Waals surface area (Å²) in [5, 5.41) is 14.4. The highest BCUT2D eigenvalue weighted by Crippen LogP contribution is 2.27. The second kappa shape index (κ2) is 5.08. The fraction of sp³-hybridized carbons (Fsp3) is 0.385. The van der Waals surface area contributed by atoms with Crippen LogP contribution in [0.4, 0.5) is 10.5 Å². The summed E-state index contributed by atoms with van der Waals surface area (Å²) in [5.41, 5.74) is 1.30. The molecule has 0 unspecified atom stereocenters. The van der Waals surface area contributed by atoms with Crippen molar-refractivity contribution in [3.05, 3.63) is 29.3 Å². The molecule has 0 saturated heterocycles. The van der Waals surface area contributed by atoms with Gasteiger partial charge in [-0.05, 0) is 43.4 Å². The summed E-state index contributed by atoms with van der Waals surface area (Å²) >= 11 is 0. The number of anilines is 1. The third kappa shape index (κ3) is 3.00. The van der Waals surface area contributed by atoms with Crippen LogP contribution in [-0.2, 0) is 0 Å². The number of carboxylic acid groups (broad SMARTS) is 1. The topological polar surface area (TPSA) is 78.4 Å². The van der Waals surface area contributed by atoms with Gasteiger partial charge in [0.1, 0.15) is 0 Å². The van der Waals surface area contributed by atoms with E-state index in [-0.39, 0.29) is 11.6 Å². The number of carbonyl (C=O) groups excluding carboxylic acids is 1. The highest BCUT2D eigenvalue weighted by molar-refractivity contribution is 5.95. The molecule has 0 aromatic heterocycles. The van der Waals surface area contributed by atoms with Gasteiger partial charge in [0, 0.05) is 12.2 Å². The van der Waals surface area contributed by atoms with Crippen molar-refractivity contribution in [2.24, 2.45) is 5.92 Å². The monoisotopic (exact) mass is 248 g/mol. The molecule has 1 aliphatic rings. The molecule has 5 heteroatoms. The van der Waals surface area contributed by atoms with Gasteiger partial charge >= 0.3 is 12.0 Å². The van der Waals surface area contributed by atoms with Crippen LogP contribution >= 0.6 is 0 Å². The maximum absolute atomic E-state index is 11.6. The fourth-order valence-corrected chi connectivity index (χ4v) is 1.73. The van der Waals surface area contributed by atoms with Gasteiger partial charge in [0.2, 0.25) is 0 Å². The minimum absolute atomic E-state index is 0.204. The zero-order chi connectivity index (χ0) is 13.1. The number of carbonyl (C=O) groups is 2. The summed E-state index contributed by atoms with van der Waals surface area (Å²) in [6.07, 6.45) is 2.35. The molecule has 18 heavy (non-hydrogen) atoms. The van der Waals surface area contributed by atoms with Gasteiger partial charge in [-0.1, -0.05) is 6.07 Å². The molecule has 1 fully saturated rings. The Hall–Kier alpha value is -2.04. The van der Waals surface area contributed by atoms with Crippen LogP contribution in [0.15, 0.2) is 18.2 Å². The first-order chi connectivity index (χ1) is 8.58. The molecular weight excluding hydrogens is 232 g/mol. The summed E-state index contributed by atoms with van der Waals surface area (Å²) in [6.45, 7) is 2.36. The number of carboxylic acids is 1. The zero-order valence-corrected chi connectivity index (χ0v) is 10.2. The van der Waals surface area contributed by atoms with Crippen LogP contribution in [0.3, 0.4) is 0 Å². The van der Waals surface area contributed by atoms with Crippen LogP contribution in [0.5, 0.6) is 0 Å². The third-order valence-electron chi connectivity index (χ3n) is 3.06. The Balaban J connectivity index is 2.01. The van der Waals surface area contributed by atoms with E-state index in [1.807, 2.05) is 0 Å². The lowest BCUT2D eigenvalue weighted by molar-refractivity contribution is 0.0696. The van der Waals surface area contributed by atoms with E-state index in [0.717, 1.165) is 0 Å². The van der Waals surface area contributed by atoms with E-state index < -0.39 is 5.97 Å². The summed E-state index contributed by atoms with van der Waals surface area (Å²) in [5.74, 6) is -0.378. The molecule has 0 aliphatic heterocycles. The molecule has 0 radical (unpaired) electrons. The van der Waals surface area contributed by atoms with Gasteiger partial charge in [-0.3, -0.25) is 0 Å². The Labute approximate surface area is 105 Å². The van der Waals surface area contributed by atoms with Crippen LogP contribution in [0.25, 0.3) is 0 Å². The van der Waals surface area contributed by atoms with E-state index in [0.29, 0.717) is 23.7 Å². The lowest BCUT2D eigenvalue weighted by atomic mass is 10.1. The Morgan fingerprint density at radius 3 is 2.72 bits per heavy atom. The Morgan fingerprint density at radius 1 is 1.39 bits per heavy atom. The van der Waals surface area contributed by atoms with Gasteiger partial charge in [-0.15, -0.1) is 0 Å². The number of rotatable bonds is 4. The summed E-state index contributed by atoms with van der Waals surface area (Å²) in [7, 11) is 0. The first-order valence-electron chi connectivity index (χ1n) is 5.95. The quantitative estimate of drug-likeness (QED) is 0.764. The van der Waals surface area contributed by atoms with Crippen LogP contribution in [0.2, 0.25) is 0 Å². The zero-order valence-electron chi connectivity index (χ0n) is 10.2. The van der Waals surface area contributed by atoms with E-state index in [2.05, 4.69) is 10.6 Å². The predicted octanol–water partition coefficient (Wildman–Crippen LogP) is 2.22. The first-order valence-corrected chi connectivity index (χ1v) is 5.95. The number of urea groups is 1. The highest BCUT2D eigenvalue weighted by atomic mass is 16.4. The molecule has 1 saturated carbocycles. The smallest absolute Gasteiger partial charge is 0.336 e. The maximum atomic E-state index is 11.6. The molecule has 0 spiro atoms. The largest absolute Gasteiger partial charge is 0.478 e. The molecule has 2 amide bonds. The Kier molecular flexibility index (Phi) is 3.50. The van der Waals surface area contributed by atoms with Crippen molar-refractivity contribution in [3.8, 4) is 0 Å². The van der Waals surface area contributed by atoms with Crippen LogP contribution in [0, 0.1) is 12.8 Å². The Morgan fingerprint density at radius 2 is 2.11 bits per heavy atom. The van der Waals surface area contributed by atoms with Crippen molar-refractivity contribution in [1.82, 2.24) is 5.32 Å². The molecule has 96 valence electrons. The molecule has 1 aromatic carbocycles. The molecule has 5 nitrogen and oxygen atoms in total.